The molecule has 6 heteroatoms. The number of non-ortho nitro benzene ring substituents is 1. The van der Waals surface area contributed by atoms with Gasteiger partial charge in [-0.2, -0.15) is 10.5 Å². The zero-order chi connectivity index (χ0) is 18.9. The lowest BCUT2D eigenvalue weighted by atomic mass is 9.87. The van der Waals surface area contributed by atoms with Crippen LogP contribution in [0.2, 0.25) is 0 Å². The summed E-state index contributed by atoms with van der Waals surface area (Å²) in [7, 11) is 0. The number of Topliss-reactive ketones (excluding diaryl/α,β-unsaturated/α-hetero) is 1. The summed E-state index contributed by atoms with van der Waals surface area (Å²) in [4.78, 5) is 22.6. The summed E-state index contributed by atoms with van der Waals surface area (Å²) in [5, 5.41) is 29.0. The Hall–Kier alpha value is -3.77. The second-order valence-corrected chi connectivity index (χ2v) is 5.60. The molecule has 0 radical (unpaired) electrons. The monoisotopic (exact) mass is 345 g/mol. The number of carbonyl (C=O) groups is 1. The normalized spacial score (nSPS) is 11.7. The standard InChI is InChI=1S/C20H15N3O3/c21-13-18(14-22)17(12-20(24)16-4-2-1-3-5-16)9-6-15-7-10-19(11-8-15)23(25)26/h1-11,17-18H,12H2/b9-6+/t17-/m1/s1. The summed E-state index contributed by atoms with van der Waals surface area (Å²) >= 11 is 0. The van der Waals surface area contributed by atoms with Gasteiger partial charge in [0.2, 0.25) is 0 Å². The van der Waals surface area contributed by atoms with Crippen LogP contribution in [0.15, 0.2) is 60.7 Å². The van der Waals surface area contributed by atoms with Crippen LogP contribution >= 0.6 is 0 Å². The Morgan fingerprint density at radius 2 is 1.69 bits per heavy atom. The Balaban J connectivity index is 2.19. The van der Waals surface area contributed by atoms with E-state index in [1.54, 1.807) is 54.6 Å². The van der Waals surface area contributed by atoms with E-state index in [0.717, 1.165) is 0 Å². The fourth-order valence-electron chi connectivity index (χ4n) is 2.42. The second-order valence-electron chi connectivity index (χ2n) is 5.60. The molecule has 0 unspecified atom stereocenters. The van der Waals surface area contributed by atoms with E-state index in [1.807, 2.05) is 12.1 Å². The van der Waals surface area contributed by atoms with Gasteiger partial charge in [-0.1, -0.05) is 42.5 Å². The molecular formula is C20H15N3O3. The number of allylic oxidation sites excluding steroid dienone is 1. The van der Waals surface area contributed by atoms with Gasteiger partial charge in [0.05, 0.1) is 17.1 Å². The van der Waals surface area contributed by atoms with Crippen LogP contribution in [-0.4, -0.2) is 10.7 Å². The Morgan fingerprint density at radius 1 is 1.08 bits per heavy atom. The molecule has 2 aromatic carbocycles. The van der Waals surface area contributed by atoms with Gasteiger partial charge in [0.25, 0.3) is 5.69 Å². The van der Waals surface area contributed by atoms with E-state index < -0.39 is 16.8 Å². The number of hydrogen-bond acceptors (Lipinski definition) is 5. The molecule has 0 bridgehead atoms. The highest BCUT2D eigenvalue weighted by atomic mass is 16.6. The molecular weight excluding hydrogens is 330 g/mol. The third-order valence-electron chi connectivity index (χ3n) is 3.86. The molecule has 0 amide bonds. The van der Waals surface area contributed by atoms with E-state index in [2.05, 4.69) is 0 Å². The molecule has 1 atom stereocenters. The molecule has 0 aliphatic carbocycles. The zero-order valence-electron chi connectivity index (χ0n) is 13.8. The van der Waals surface area contributed by atoms with Crippen LogP contribution in [0.4, 0.5) is 5.69 Å². The Kier molecular flexibility index (Phi) is 6.36. The van der Waals surface area contributed by atoms with Gasteiger partial charge in [0.15, 0.2) is 5.78 Å². The van der Waals surface area contributed by atoms with Crippen molar-refractivity contribution in [1.82, 2.24) is 0 Å². The van der Waals surface area contributed by atoms with Crippen LogP contribution < -0.4 is 0 Å². The number of nitro groups is 1. The molecule has 0 aliphatic heterocycles. The fraction of sp³-hybridized carbons (Fsp3) is 0.150. The third-order valence-corrected chi connectivity index (χ3v) is 3.86. The SMILES string of the molecule is N#CC(C#N)[C@H](/C=C/c1ccc([N+](=O)[O-])cc1)CC(=O)c1ccccc1. The maximum absolute atomic E-state index is 12.4. The minimum absolute atomic E-state index is 0.0233. The van der Waals surface area contributed by atoms with E-state index in [4.69, 9.17) is 0 Å². The summed E-state index contributed by atoms with van der Waals surface area (Å²) in [6.07, 6.45) is 3.33. The highest BCUT2D eigenvalue weighted by Crippen LogP contribution is 2.22. The molecule has 0 saturated carbocycles. The number of rotatable bonds is 7. The van der Waals surface area contributed by atoms with E-state index in [-0.39, 0.29) is 17.9 Å². The third kappa shape index (κ3) is 4.86. The highest BCUT2D eigenvalue weighted by molar-refractivity contribution is 5.96. The van der Waals surface area contributed by atoms with Gasteiger partial charge in [-0.25, -0.2) is 0 Å². The molecule has 0 spiro atoms. The number of ketones is 1. The van der Waals surface area contributed by atoms with E-state index >= 15 is 0 Å². The minimum atomic E-state index is -0.961. The number of hydrogen-bond donors (Lipinski definition) is 0. The average Bonchev–Trinajstić information content (AvgIpc) is 2.67. The Morgan fingerprint density at radius 3 is 2.23 bits per heavy atom. The Labute approximate surface area is 150 Å². The van der Waals surface area contributed by atoms with Gasteiger partial charge >= 0.3 is 0 Å². The number of nitro benzene ring substituents is 1. The van der Waals surface area contributed by atoms with Gasteiger partial charge in [-0.15, -0.1) is 0 Å². The van der Waals surface area contributed by atoms with Gasteiger partial charge < -0.3 is 0 Å². The van der Waals surface area contributed by atoms with E-state index in [1.165, 1.54) is 12.1 Å². The number of nitrogens with zero attached hydrogens (tertiary/aromatic N) is 3. The number of carbonyl (C=O) groups excluding carboxylic acids is 1. The summed E-state index contributed by atoms with van der Waals surface area (Å²) in [5.74, 6) is -1.69. The summed E-state index contributed by atoms with van der Waals surface area (Å²) < 4.78 is 0. The molecule has 2 aromatic rings. The van der Waals surface area contributed by atoms with Crippen LogP contribution in [-0.2, 0) is 0 Å². The van der Waals surface area contributed by atoms with Crippen molar-refractivity contribution in [2.75, 3.05) is 0 Å². The maximum atomic E-state index is 12.4. The summed E-state index contributed by atoms with van der Waals surface area (Å²) in [6, 6.07) is 18.4. The van der Waals surface area contributed by atoms with Crippen molar-refractivity contribution in [3.63, 3.8) is 0 Å². The second kappa shape index (κ2) is 8.91. The lowest BCUT2D eigenvalue weighted by molar-refractivity contribution is -0.384. The van der Waals surface area contributed by atoms with Crippen molar-refractivity contribution >= 4 is 17.5 Å². The van der Waals surface area contributed by atoms with Gasteiger partial charge in [0, 0.05) is 30.0 Å². The topological polar surface area (TPSA) is 108 Å². The van der Waals surface area contributed by atoms with Gasteiger partial charge in [0.1, 0.15) is 5.92 Å². The number of nitriles is 2. The summed E-state index contributed by atoms with van der Waals surface area (Å²) in [6.45, 7) is 0. The average molecular weight is 345 g/mol. The van der Waals surface area contributed by atoms with Crippen molar-refractivity contribution in [3.05, 3.63) is 81.9 Å². The van der Waals surface area contributed by atoms with E-state index in [0.29, 0.717) is 11.1 Å². The molecule has 26 heavy (non-hydrogen) atoms. The first-order valence-electron chi connectivity index (χ1n) is 7.85. The molecule has 0 saturated heterocycles. The number of benzene rings is 2. The van der Waals surface area contributed by atoms with Gasteiger partial charge in [-0.05, 0) is 17.7 Å². The van der Waals surface area contributed by atoms with Crippen molar-refractivity contribution in [2.45, 2.75) is 6.42 Å². The predicted molar refractivity (Wildman–Crippen MR) is 95.7 cm³/mol. The zero-order valence-corrected chi connectivity index (χ0v) is 13.8. The molecule has 2 rings (SSSR count). The smallest absolute Gasteiger partial charge is 0.269 e. The first kappa shape index (κ1) is 18.6. The quantitative estimate of drug-likeness (QED) is 0.425. The summed E-state index contributed by atoms with van der Waals surface area (Å²) in [5.41, 5.74) is 1.18. The van der Waals surface area contributed by atoms with Crippen LogP contribution in [0.25, 0.3) is 6.08 Å². The van der Waals surface area contributed by atoms with Crippen molar-refractivity contribution < 1.29 is 9.72 Å². The molecule has 0 fully saturated rings. The first-order valence-corrected chi connectivity index (χ1v) is 7.85. The van der Waals surface area contributed by atoms with Crippen molar-refractivity contribution in [2.24, 2.45) is 11.8 Å². The molecule has 128 valence electrons. The maximum Gasteiger partial charge on any atom is 0.269 e. The van der Waals surface area contributed by atoms with Crippen molar-refractivity contribution in [1.29, 1.82) is 10.5 Å². The first-order chi connectivity index (χ1) is 12.5. The largest absolute Gasteiger partial charge is 0.294 e. The molecule has 6 nitrogen and oxygen atoms in total. The lowest BCUT2D eigenvalue weighted by Gasteiger charge is -2.12. The molecule has 0 heterocycles. The van der Waals surface area contributed by atoms with Crippen LogP contribution in [0.1, 0.15) is 22.3 Å². The molecule has 0 aromatic heterocycles. The lowest BCUT2D eigenvalue weighted by Crippen LogP contribution is -2.14. The molecule has 0 N–H and O–H groups in total. The predicted octanol–water partition coefficient (Wildman–Crippen LogP) is 4.16. The van der Waals surface area contributed by atoms with Crippen LogP contribution in [0.5, 0.6) is 0 Å². The molecule has 0 aliphatic rings. The fourth-order valence-corrected chi connectivity index (χ4v) is 2.42. The Bertz CT molecular complexity index is 877. The minimum Gasteiger partial charge on any atom is -0.294 e. The van der Waals surface area contributed by atoms with Gasteiger partial charge in [-0.3, -0.25) is 14.9 Å². The highest BCUT2D eigenvalue weighted by Gasteiger charge is 2.22. The van der Waals surface area contributed by atoms with E-state index in [9.17, 15) is 25.4 Å². The van der Waals surface area contributed by atoms with Crippen molar-refractivity contribution in [3.8, 4) is 12.1 Å². The van der Waals surface area contributed by atoms with Crippen LogP contribution in [0.3, 0.4) is 0 Å². The van der Waals surface area contributed by atoms with Crippen LogP contribution in [0, 0.1) is 44.6 Å².